The Balaban J connectivity index is 2.01. The Labute approximate surface area is 150 Å². The van der Waals surface area contributed by atoms with Crippen LogP contribution < -0.4 is 10.0 Å². The van der Waals surface area contributed by atoms with E-state index in [0.717, 1.165) is 38.0 Å². The van der Waals surface area contributed by atoms with Crippen LogP contribution in [0, 0.1) is 0 Å². The summed E-state index contributed by atoms with van der Waals surface area (Å²) < 4.78 is 27.6. The second-order valence-electron chi connectivity index (χ2n) is 6.48. The van der Waals surface area contributed by atoms with Crippen molar-refractivity contribution in [1.82, 2.24) is 19.5 Å². The third-order valence-corrected chi connectivity index (χ3v) is 6.30. The number of rotatable bonds is 8. The van der Waals surface area contributed by atoms with Gasteiger partial charge >= 0.3 is 0 Å². The highest BCUT2D eigenvalue weighted by Gasteiger charge is 2.26. The molecule has 2 N–H and O–H groups in total. The minimum Gasteiger partial charge on any atom is -0.354 e. The molecule has 8 heteroatoms. The fourth-order valence-corrected chi connectivity index (χ4v) is 4.08. The molecule has 0 radical (unpaired) electrons. The summed E-state index contributed by atoms with van der Waals surface area (Å²) in [5.41, 5.74) is 1.81. The number of nitrogens with zero attached hydrogens (tertiary/aromatic N) is 2. The van der Waals surface area contributed by atoms with Gasteiger partial charge in [0.1, 0.15) is 5.69 Å². The lowest BCUT2D eigenvalue weighted by Crippen LogP contribution is -2.37. The van der Waals surface area contributed by atoms with Crippen LogP contribution in [0.15, 0.2) is 12.1 Å². The molecule has 2 heterocycles. The van der Waals surface area contributed by atoms with Crippen LogP contribution in [0.3, 0.4) is 0 Å². The first-order valence-electron chi connectivity index (χ1n) is 8.98. The molecule has 1 saturated heterocycles. The first-order chi connectivity index (χ1) is 11.9. The maximum absolute atomic E-state index is 11.9. The summed E-state index contributed by atoms with van der Waals surface area (Å²) in [6.45, 7) is 3.96. The fourth-order valence-electron chi connectivity index (χ4n) is 3.42. The summed E-state index contributed by atoms with van der Waals surface area (Å²) in [4.78, 5) is 14.3. The normalized spacial score (nSPS) is 19.1. The largest absolute Gasteiger partial charge is 0.354 e. The van der Waals surface area contributed by atoms with Gasteiger partial charge in [-0.25, -0.2) is 13.1 Å². The maximum atomic E-state index is 11.9. The van der Waals surface area contributed by atoms with E-state index >= 15 is 0 Å². The molecule has 0 aliphatic carbocycles. The van der Waals surface area contributed by atoms with Gasteiger partial charge in [-0.2, -0.15) is 0 Å². The lowest BCUT2D eigenvalue weighted by atomic mass is 9.99. The van der Waals surface area contributed by atoms with E-state index in [0.29, 0.717) is 12.2 Å². The number of hydrogen-bond acceptors (Lipinski definition) is 4. The van der Waals surface area contributed by atoms with E-state index in [1.54, 1.807) is 14.0 Å². The topological polar surface area (TPSA) is 83.4 Å². The monoisotopic (exact) mass is 370 g/mol. The highest BCUT2D eigenvalue weighted by atomic mass is 32.2. The molecule has 142 valence electrons. The van der Waals surface area contributed by atoms with Crippen molar-refractivity contribution in [2.24, 2.45) is 7.05 Å². The van der Waals surface area contributed by atoms with Gasteiger partial charge in [0.15, 0.2) is 0 Å². The predicted octanol–water partition coefficient (Wildman–Crippen LogP) is 1.24. The summed E-state index contributed by atoms with van der Waals surface area (Å²) in [7, 11) is 0.450. The molecular weight excluding hydrogens is 340 g/mol. The molecule has 25 heavy (non-hydrogen) atoms. The van der Waals surface area contributed by atoms with Gasteiger partial charge < -0.3 is 9.88 Å². The molecular formula is C17H30N4O3S. The van der Waals surface area contributed by atoms with Gasteiger partial charge in [-0.3, -0.25) is 9.69 Å². The van der Waals surface area contributed by atoms with Gasteiger partial charge in [0.05, 0.1) is 11.8 Å². The second kappa shape index (κ2) is 8.82. The molecule has 1 aromatic heterocycles. The summed E-state index contributed by atoms with van der Waals surface area (Å²) >= 11 is 0. The van der Waals surface area contributed by atoms with Gasteiger partial charge in [0.2, 0.25) is 10.0 Å². The third kappa shape index (κ3) is 5.05. The van der Waals surface area contributed by atoms with Crippen LogP contribution in [0.25, 0.3) is 0 Å². The molecule has 1 aromatic rings. The summed E-state index contributed by atoms with van der Waals surface area (Å²) in [5, 5.41) is 2.67. The molecule has 2 rings (SSSR count). The molecule has 0 bridgehead atoms. The second-order valence-corrected chi connectivity index (χ2v) is 8.58. The highest BCUT2D eigenvalue weighted by molar-refractivity contribution is 7.89. The smallest absolute Gasteiger partial charge is 0.267 e. The van der Waals surface area contributed by atoms with Crippen molar-refractivity contribution >= 4 is 15.9 Å². The minimum absolute atomic E-state index is 0.0786. The molecule has 7 nitrogen and oxygen atoms in total. The van der Waals surface area contributed by atoms with Crippen molar-refractivity contribution in [3.8, 4) is 0 Å². The van der Waals surface area contributed by atoms with Crippen LogP contribution in [0.2, 0.25) is 0 Å². The van der Waals surface area contributed by atoms with Crippen molar-refractivity contribution in [2.45, 2.75) is 38.6 Å². The number of amides is 1. The fraction of sp³-hybridized carbons (Fsp3) is 0.706. The number of sulfonamides is 1. The molecule has 0 aromatic carbocycles. The van der Waals surface area contributed by atoms with Crippen LogP contribution in [-0.2, 0) is 17.1 Å². The van der Waals surface area contributed by atoms with E-state index in [1.807, 2.05) is 23.7 Å². The van der Waals surface area contributed by atoms with E-state index in [-0.39, 0.29) is 17.7 Å². The standard InChI is InChI=1S/C17H30N4O3S/c1-4-25(23,24)19-11-7-13-21-12-6-5-8-15(21)14-9-10-16(20(14)3)17(22)18-2/h9-10,15,19H,4-8,11-13H2,1-3H3,(H,18,22)/t15-/m1/s1. The zero-order valence-corrected chi connectivity index (χ0v) is 16.2. The van der Waals surface area contributed by atoms with Gasteiger partial charge in [0, 0.05) is 32.9 Å². The Kier molecular flexibility index (Phi) is 7.04. The van der Waals surface area contributed by atoms with Crippen molar-refractivity contribution in [3.05, 3.63) is 23.5 Å². The summed E-state index contributed by atoms with van der Waals surface area (Å²) in [6.07, 6.45) is 4.17. The average molecular weight is 371 g/mol. The first kappa shape index (κ1) is 19.9. The number of piperidine rings is 1. The van der Waals surface area contributed by atoms with Crippen LogP contribution >= 0.6 is 0 Å². The van der Waals surface area contributed by atoms with E-state index in [2.05, 4.69) is 14.9 Å². The van der Waals surface area contributed by atoms with Crippen LogP contribution in [0.5, 0.6) is 0 Å². The van der Waals surface area contributed by atoms with Crippen molar-refractivity contribution < 1.29 is 13.2 Å². The maximum Gasteiger partial charge on any atom is 0.267 e. The van der Waals surface area contributed by atoms with Gasteiger partial charge in [-0.15, -0.1) is 0 Å². The number of carbonyl (C=O) groups excluding carboxylic acids is 1. The van der Waals surface area contributed by atoms with Crippen molar-refractivity contribution in [2.75, 3.05) is 32.4 Å². The SMILES string of the molecule is CCS(=O)(=O)NCCCN1CCCC[C@@H]1c1ccc(C(=O)NC)n1C. The first-order valence-corrected chi connectivity index (χ1v) is 10.6. The van der Waals surface area contributed by atoms with Crippen molar-refractivity contribution in [3.63, 3.8) is 0 Å². The summed E-state index contributed by atoms with van der Waals surface area (Å²) in [5.74, 6) is 0.0374. The number of hydrogen-bond donors (Lipinski definition) is 2. The number of aromatic nitrogens is 1. The molecule has 1 atom stereocenters. The molecule has 0 saturated carbocycles. The number of nitrogens with one attached hydrogen (secondary N) is 2. The Morgan fingerprint density at radius 2 is 2.08 bits per heavy atom. The molecule has 0 spiro atoms. The minimum atomic E-state index is -3.12. The number of carbonyl (C=O) groups is 1. The lowest BCUT2D eigenvalue weighted by molar-refractivity contribution is 0.0952. The third-order valence-electron chi connectivity index (χ3n) is 4.90. The molecule has 1 fully saturated rings. The van der Waals surface area contributed by atoms with Crippen LogP contribution in [0.1, 0.15) is 54.8 Å². The van der Waals surface area contributed by atoms with Gasteiger partial charge in [-0.05, 0) is 44.9 Å². The predicted molar refractivity (Wildman–Crippen MR) is 99.0 cm³/mol. The van der Waals surface area contributed by atoms with E-state index in [9.17, 15) is 13.2 Å². The highest BCUT2D eigenvalue weighted by Crippen LogP contribution is 2.31. The quantitative estimate of drug-likeness (QED) is 0.675. The van der Waals surface area contributed by atoms with E-state index in [1.165, 1.54) is 6.42 Å². The molecule has 1 amide bonds. The van der Waals surface area contributed by atoms with Crippen LogP contribution in [-0.4, -0.2) is 56.2 Å². The molecule has 1 aliphatic heterocycles. The Bertz CT molecular complexity index is 684. The number of likely N-dealkylation sites (tertiary alicyclic amines) is 1. The van der Waals surface area contributed by atoms with Gasteiger partial charge in [0.25, 0.3) is 5.91 Å². The van der Waals surface area contributed by atoms with E-state index < -0.39 is 10.0 Å². The Morgan fingerprint density at radius 1 is 1.32 bits per heavy atom. The molecule has 0 unspecified atom stereocenters. The zero-order chi connectivity index (χ0) is 18.4. The van der Waals surface area contributed by atoms with Crippen LogP contribution in [0.4, 0.5) is 0 Å². The Morgan fingerprint density at radius 3 is 2.76 bits per heavy atom. The Hall–Kier alpha value is -1.38. The lowest BCUT2D eigenvalue weighted by Gasteiger charge is -2.36. The van der Waals surface area contributed by atoms with Gasteiger partial charge in [-0.1, -0.05) is 6.42 Å². The molecule has 1 aliphatic rings. The van der Waals surface area contributed by atoms with Crippen molar-refractivity contribution in [1.29, 1.82) is 0 Å². The summed E-state index contributed by atoms with van der Waals surface area (Å²) in [6, 6.07) is 4.18. The average Bonchev–Trinajstić information content (AvgIpc) is 3.00. The zero-order valence-electron chi connectivity index (χ0n) is 15.4. The van der Waals surface area contributed by atoms with E-state index in [4.69, 9.17) is 0 Å².